The van der Waals surface area contributed by atoms with Crippen molar-refractivity contribution in [2.45, 2.75) is 18.9 Å². The van der Waals surface area contributed by atoms with Crippen molar-refractivity contribution in [3.8, 4) is 5.75 Å². The van der Waals surface area contributed by atoms with Gasteiger partial charge in [0.05, 0.1) is 19.1 Å². The Hall–Kier alpha value is -2.04. The van der Waals surface area contributed by atoms with Crippen molar-refractivity contribution >= 4 is 11.8 Å². The van der Waals surface area contributed by atoms with Crippen LogP contribution in [0, 0.1) is 5.92 Å². The molecule has 1 heterocycles. The molecule has 0 aromatic heterocycles. The van der Waals surface area contributed by atoms with Gasteiger partial charge in [0.2, 0.25) is 11.8 Å². The van der Waals surface area contributed by atoms with Crippen LogP contribution in [0.3, 0.4) is 0 Å². The molecule has 1 fully saturated rings. The summed E-state index contributed by atoms with van der Waals surface area (Å²) < 4.78 is 5.11. The summed E-state index contributed by atoms with van der Waals surface area (Å²) >= 11 is 0. The van der Waals surface area contributed by atoms with E-state index in [1.807, 2.05) is 24.3 Å². The second-order valence-corrected chi connectivity index (χ2v) is 4.77. The van der Waals surface area contributed by atoms with Crippen LogP contribution in [0.5, 0.6) is 5.75 Å². The highest BCUT2D eigenvalue weighted by atomic mass is 16.5. The van der Waals surface area contributed by atoms with Crippen LogP contribution in [-0.2, 0) is 9.59 Å². The maximum atomic E-state index is 11.8. The van der Waals surface area contributed by atoms with Gasteiger partial charge < -0.3 is 15.4 Å². The van der Waals surface area contributed by atoms with Gasteiger partial charge in [-0.1, -0.05) is 12.1 Å². The lowest BCUT2D eigenvalue weighted by Gasteiger charge is -2.37. The minimum Gasteiger partial charge on any atom is -0.497 e. The predicted molar refractivity (Wildman–Crippen MR) is 70.4 cm³/mol. The van der Waals surface area contributed by atoms with Gasteiger partial charge in [0.25, 0.3) is 0 Å². The van der Waals surface area contributed by atoms with Crippen LogP contribution in [0.1, 0.15) is 24.4 Å². The molecule has 0 radical (unpaired) electrons. The normalized spacial score (nSPS) is 23.3. The summed E-state index contributed by atoms with van der Waals surface area (Å²) in [6.07, 6.45) is 0.881. The van der Waals surface area contributed by atoms with E-state index in [1.165, 1.54) is 0 Å². The van der Waals surface area contributed by atoms with Gasteiger partial charge in [-0.2, -0.15) is 0 Å². The molecule has 1 saturated heterocycles. The molecule has 0 aliphatic carbocycles. The molecule has 2 unspecified atom stereocenters. The first-order chi connectivity index (χ1) is 9.04. The van der Waals surface area contributed by atoms with Gasteiger partial charge in [-0.15, -0.1) is 0 Å². The van der Waals surface area contributed by atoms with Crippen molar-refractivity contribution in [1.82, 2.24) is 4.90 Å². The number of nitrogens with zero attached hydrogens (tertiary/aromatic N) is 1. The molecule has 1 aromatic carbocycles. The fraction of sp³-hybridized carbons (Fsp3) is 0.429. The number of hydrogen-bond acceptors (Lipinski definition) is 3. The number of nitrogens with two attached hydrogens (primary N) is 1. The number of carbonyl (C=O) groups excluding carboxylic acids is 2. The van der Waals surface area contributed by atoms with E-state index in [4.69, 9.17) is 10.5 Å². The van der Waals surface area contributed by atoms with Gasteiger partial charge in [-0.3, -0.25) is 9.59 Å². The zero-order valence-corrected chi connectivity index (χ0v) is 11.1. The Morgan fingerprint density at radius 3 is 2.53 bits per heavy atom. The molecule has 2 atom stereocenters. The number of rotatable bonds is 3. The first-order valence-electron chi connectivity index (χ1n) is 6.23. The molecule has 0 bridgehead atoms. The second kappa shape index (κ2) is 5.30. The maximum absolute atomic E-state index is 11.8. The van der Waals surface area contributed by atoms with Crippen LogP contribution in [0.15, 0.2) is 24.3 Å². The molecule has 19 heavy (non-hydrogen) atoms. The van der Waals surface area contributed by atoms with Gasteiger partial charge in [0, 0.05) is 13.5 Å². The molecule has 2 N–H and O–H groups in total. The molecular formula is C14H18N2O3. The summed E-state index contributed by atoms with van der Waals surface area (Å²) in [7, 11) is 3.31. The smallest absolute Gasteiger partial charge is 0.222 e. The van der Waals surface area contributed by atoms with Crippen molar-refractivity contribution in [3.63, 3.8) is 0 Å². The summed E-state index contributed by atoms with van der Waals surface area (Å²) in [5, 5.41) is 0. The Balaban J connectivity index is 2.34. The van der Waals surface area contributed by atoms with Crippen LogP contribution >= 0.6 is 0 Å². The predicted octanol–water partition coefficient (Wildman–Crippen LogP) is 1.09. The van der Waals surface area contributed by atoms with Gasteiger partial charge in [-0.25, -0.2) is 0 Å². The molecule has 1 aliphatic rings. The van der Waals surface area contributed by atoms with Gasteiger partial charge in [0.15, 0.2) is 0 Å². The van der Waals surface area contributed by atoms with Crippen molar-refractivity contribution in [1.29, 1.82) is 0 Å². The first-order valence-corrected chi connectivity index (χ1v) is 6.23. The fourth-order valence-electron chi connectivity index (χ4n) is 2.59. The third kappa shape index (κ3) is 2.54. The number of methoxy groups -OCH3 is 1. The Bertz CT molecular complexity index is 484. The Kier molecular flexibility index (Phi) is 3.74. The second-order valence-electron chi connectivity index (χ2n) is 4.77. The van der Waals surface area contributed by atoms with E-state index in [2.05, 4.69) is 0 Å². The number of hydrogen-bond donors (Lipinski definition) is 1. The number of benzene rings is 1. The molecule has 2 amide bonds. The Morgan fingerprint density at radius 1 is 1.37 bits per heavy atom. The average molecular weight is 262 g/mol. The lowest BCUT2D eigenvalue weighted by molar-refractivity contribution is -0.140. The van der Waals surface area contributed by atoms with Crippen molar-refractivity contribution in [2.24, 2.45) is 11.7 Å². The van der Waals surface area contributed by atoms with Crippen LogP contribution in [-0.4, -0.2) is 30.9 Å². The average Bonchev–Trinajstić information content (AvgIpc) is 2.41. The van der Waals surface area contributed by atoms with Gasteiger partial charge in [0.1, 0.15) is 5.75 Å². The summed E-state index contributed by atoms with van der Waals surface area (Å²) in [4.78, 5) is 25.0. The zero-order chi connectivity index (χ0) is 14.0. The standard InChI is InChI=1S/C14H18N2O3/c1-16-12(17)8-7-11(14(15)18)13(16)9-3-5-10(19-2)6-4-9/h3-6,11,13H,7-8H2,1-2H3,(H2,15,18). The van der Waals surface area contributed by atoms with Crippen molar-refractivity contribution in [2.75, 3.05) is 14.2 Å². The quantitative estimate of drug-likeness (QED) is 0.886. The van der Waals surface area contributed by atoms with E-state index < -0.39 is 0 Å². The third-order valence-electron chi connectivity index (χ3n) is 3.68. The lowest BCUT2D eigenvalue weighted by Crippen LogP contribution is -2.44. The van der Waals surface area contributed by atoms with Gasteiger partial charge >= 0.3 is 0 Å². The summed E-state index contributed by atoms with van der Waals surface area (Å²) in [6.45, 7) is 0. The molecule has 5 nitrogen and oxygen atoms in total. The third-order valence-corrected chi connectivity index (χ3v) is 3.68. The topological polar surface area (TPSA) is 72.6 Å². The first kappa shape index (κ1) is 13.4. The molecule has 0 spiro atoms. The van der Waals surface area contributed by atoms with Crippen LogP contribution in [0.2, 0.25) is 0 Å². The fourth-order valence-corrected chi connectivity index (χ4v) is 2.59. The molecule has 102 valence electrons. The molecule has 1 aromatic rings. The highest BCUT2D eigenvalue weighted by Crippen LogP contribution is 2.35. The summed E-state index contributed by atoms with van der Waals surface area (Å²) in [5.41, 5.74) is 6.36. The Morgan fingerprint density at radius 2 is 2.00 bits per heavy atom. The molecular weight excluding hydrogens is 244 g/mol. The maximum Gasteiger partial charge on any atom is 0.222 e. The van der Waals surface area contributed by atoms with E-state index in [9.17, 15) is 9.59 Å². The monoisotopic (exact) mass is 262 g/mol. The van der Waals surface area contributed by atoms with E-state index in [0.29, 0.717) is 12.8 Å². The van der Waals surface area contributed by atoms with Crippen LogP contribution in [0.25, 0.3) is 0 Å². The number of piperidine rings is 1. The van der Waals surface area contributed by atoms with Crippen molar-refractivity contribution in [3.05, 3.63) is 29.8 Å². The molecule has 2 rings (SSSR count). The summed E-state index contributed by atoms with van der Waals surface area (Å²) in [5.74, 6) is 0.0822. The highest BCUT2D eigenvalue weighted by Gasteiger charge is 2.37. The number of amides is 2. The molecule has 5 heteroatoms. The minimum absolute atomic E-state index is 0.0401. The number of carbonyl (C=O) groups is 2. The largest absolute Gasteiger partial charge is 0.497 e. The van der Waals surface area contributed by atoms with Crippen LogP contribution < -0.4 is 10.5 Å². The summed E-state index contributed by atoms with van der Waals surface area (Å²) in [6, 6.07) is 7.09. The van der Waals surface area contributed by atoms with Crippen molar-refractivity contribution < 1.29 is 14.3 Å². The lowest BCUT2D eigenvalue weighted by atomic mass is 9.84. The number of ether oxygens (including phenoxy) is 1. The van der Waals surface area contributed by atoms with Gasteiger partial charge in [-0.05, 0) is 24.1 Å². The van der Waals surface area contributed by atoms with E-state index >= 15 is 0 Å². The highest BCUT2D eigenvalue weighted by molar-refractivity contribution is 5.83. The van der Waals surface area contributed by atoms with Crippen LogP contribution in [0.4, 0.5) is 0 Å². The minimum atomic E-state index is -0.361. The number of primary amides is 1. The zero-order valence-electron chi connectivity index (χ0n) is 11.1. The van der Waals surface area contributed by atoms with E-state index in [0.717, 1.165) is 11.3 Å². The SMILES string of the molecule is COc1ccc(C2C(C(N)=O)CCC(=O)N2C)cc1. The molecule has 1 aliphatic heterocycles. The van der Waals surface area contributed by atoms with E-state index in [1.54, 1.807) is 19.1 Å². The molecule has 0 saturated carbocycles. The Labute approximate surface area is 112 Å². The number of likely N-dealkylation sites (tertiary alicyclic amines) is 1. The van der Waals surface area contributed by atoms with E-state index in [-0.39, 0.29) is 23.8 Å².